The first-order valence-corrected chi connectivity index (χ1v) is 6.11. The minimum atomic E-state index is -0.961. The maximum atomic E-state index is 11.7. The molecule has 1 aliphatic heterocycles. The molecular formula is C13H22O5. The fourth-order valence-corrected chi connectivity index (χ4v) is 1.42. The van der Waals surface area contributed by atoms with Crippen LogP contribution in [-0.4, -0.2) is 29.9 Å². The molecule has 1 aliphatic rings. The third kappa shape index (κ3) is 3.98. The van der Waals surface area contributed by atoms with E-state index in [9.17, 15) is 9.59 Å². The highest BCUT2D eigenvalue weighted by Crippen LogP contribution is 2.27. The summed E-state index contributed by atoms with van der Waals surface area (Å²) in [4.78, 5) is 23.2. The molecular weight excluding hydrogens is 236 g/mol. The predicted molar refractivity (Wildman–Crippen MR) is 64.7 cm³/mol. The van der Waals surface area contributed by atoms with Gasteiger partial charge in [-0.2, -0.15) is 0 Å². The zero-order chi connectivity index (χ0) is 14.1. The summed E-state index contributed by atoms with van der Waals surface area (Å²) in [5, 5.41) is 0. The van der Waals surface area contributed by atoms with E-state index < -0.39 is 23.8 Å². The van der Waals surface area contributed by atoms with Gasteiger partial charge >= 0.3 is 11.9 Å². The van der Waals surface area contributed by atoms with Gasteiger partial charge in [0.05, 0.1) is 6.42 Å². The molecule has 0 aromatic rings. The number of esters is 2. The largest absolute Gasteiger partial charge is 0.462 e. The lowest BCUT2D eigenvalue weighted by Gasteiger charge is -2.27. The van der Waals surface area contributed by atoms with Crippen molar-refractivity contribution < 1.29 is 23.8 Å². The molecule has 1 fully saturated rings. The van der Waals surface area contributed by atoms with Crippen LogP contribution in [0.3, 0.4) is 0 Å². The van der Waals surface area contributed by atoms with E-state index in [1.165, 1.54) is 0 Å². The van der Waals surface area contributed by atoms with Gasteiger partial charge in [-0.3, -0.25) is 4.79 Å². The third-order valence-electron chi connectivity index (χ3n) is 2.92. The van der Waals surface area contributed by atoms with Crippen molar-refractivity contribution in [2.24, 2.45) is 5.41 Å². The fraction of sp³-hybridized carbons (Fsp3) is 0.846. The van der Waals surface area contributed by atoms with Crippen LogP contribution in [0.15, 0.2) is 0 Å². The monoisotopic (exact) mass is 258 g/mol. The van der Waals surface area contributed by atoms with E-state index in [0.717, 1.165) is 0 Å². The normalized spacial score (nSPS) is 24.6. The van der Waals surface area contributed by atoms with Gasteiger partial charge < -0.3 is 14.2 Å². The molecule has 0 radical (unpaired) electrons. The molecule has 0 aliphatic carbocycles. The number of hydrogen-bond donors (Lipinski definition) is 0. The number of cyclic esters (lactones) is 1. The molecule has 0 spiro atoms. The molecule has 18 heavy (non-hydrogen) atoms. The smallest absolute Gasteiger partial charge is 0.338 e. The van der Waals surface area contributed by atoms with E-state index >= 15 is 0 Å². The van der Waals surface area contributed by atoms with Crippen LogP contribution >= 0.6 is 0 Å². The molecule has 0 N–H and O–H groups in total. The molecule has 104 valence electrons. The van der Waals surface area contributed by atoms with Crippen molar-refractivity contribution in [3.8, 4) is 0 Å². The van der Waals surface area contributed by atoms with Crippen molar-refractivity contribution in [2.75, 3.05) is 0 Å². The van der Waals surface area contributed by atoms with Crippen LogP contribution in [0.1, 0.15) is 48.0 Å². The van der Waals surface area contributed by atoms with Gasteiger partial charge in [0, 0.05) is 13.8 Å². The van der Waals surface area contributed by atoms with Gasteiger partial charge in [0.15, 0.2) is 6.10 Å². The van der Waals surface area contributed by atoms with Gasteiger partial charge in [0.2, 0.25) is 5.79 Å². The highest BCUT2D eigenvalue weighted by atomic mass is 16.8. The summed E-state index contributed by atoms with van der Waals surface area (Å²) < 4.78 is 15.6. The maximum absolute atomic E-state index is 11.7. The molecule has 5 heteroatoms. The molecule has 2 atom stereocenters. The van der Waals surface area contributed by atoms with Gasteiger partial charge in [-0.05, 0) is 12.3 Å². The molecule has 1 saturated heterocycles. The SMILES string of the molecule is C[C@H](OC(=O)C[C@@H]1OC(C)(C)OC1=O)C(C)(C)C. The standard InChI is InChI=1S/C13H22O5/c1-8(12(2,3)4)16-10(14)7-9-11(15)18-13(5,6)17-9/h8-9H,7H2,1-6H3/t8-,9-/m0/s1. The van der Waals surface area contributed by atoms with E-state index in [1.54, 1.807) is 13.8 Å². The van der Waals surface area contributed by atoms with Crippen LogP contribution in [0.5, 0.6) is 0 Å². The Bertz CT molecular complexity index is 340. The first-order valence-electron chi connectivity index (χ1n) is 6.11. The van der Waals surface area contributed by atoms with Gasteiger partial charge in [-0.25, -0.2) is 4.79 Å². The lowest BCUT2D eigenvalue weighted by Crippen LogP contribution is -2.31. The average molecular weight is 258 g/mol. The second-order valence-electron chi connectivity index (χ2n) is 6.13. The Hall–Kier alpha value is -1.10. The Kier molecular flexibility index (Phi) is 4.05. The number of hydrogen-bond acceptors (Lipinski definition) is 5. The Morgan fingerprint density at radius 3 is 2.39 bits per heavy atom. The minimum Gasteiger partial charge on any atom is -0.462 e. The molecule has 1 rings (SSSR count). The van der Waals surface area contributed by atoms with E-state index in [2.05, 4.69) is 0 Å². The first kappa shape index (κ1) is 15.0. The van der Waals surface area contributed by atoms with E-state index in [0.29, 0.717) is 0 Å². The number of rotatable bonds is 3. The van der Waals surface area contributed by atoms with Crippen molar-refractivity contribution in [1.29, 1.82) is 0 Å². The highest BCUT2D eigenvalue weighted by Gasteiger charge is 2.42. The van der Waals surface area contributed by atoms with Gasteiger partial charge in [0.25, 0.3) is 0 Å². The first-order chi connectivity index (χ1) is 8.01. The zero-order valence-electron chi connectivity index (χ0n) is 11.9. The minimum absolute atomic E-state index is 0.108. The zero-order valence-corrected chi connectivity index (χ0v) is 11.9. The summed E-state index contributed by atoms with van der Waals surface area (Å²) >= 11 is 0. The van der Waals surface area contributed by atoms with E-state index in [1.807, 2.05) is 27.7 Å². The quantitative estimate of drug-likeness (QED) is 0.725. The summed E-state index contributed by atoms with van der Waals surface area (Å²) in [7, 11) is 0. The van der Waals surface area contributed by atoms with Gasteiger partial charge in [0.1, 0.15) is 6.10 Å². The average Bonchev–Trinajstić information content (AvgIpc) is 2.37. The molecule has 0 aromatic heterocycles. The summed E-state index contributed by atoms with van der Waals surface area (Å²) in [6.45, 7) is 11.0. The molecule has 1 heterocycles. The Morgan fingerprint density at radius 1 is 1.44 bits per heavy atom. The fourth-order valence-electron chi connectivity index (χ4n) is 1.42. The van der Waals surface area contributed by atoms with Crippen LogP contribution in [0.2, 0.25) is 0 Å². The lowest BCUT2D eigenvalue weighted by atomic mass is 9.90. The molecule has 0 aromatic carbocycles. The van der Waals surface area contributed by atoms with Crippen molar-refractivity contribution in [2.45, 2.75) is 66.0 Å². The van der Waals surface area contributed by atoms with E-state index in [4.69, 9.17) is 14.2 Å². The second-order valence-corrected chi connectivity index (χ2v) is 6.13. The van der Waals surface area contributed by atoms with Crippen LogP contribution in [-0.2, 0) is 23.8 Å². The number of carbonyl (C=O) groups is 2. The molecule has 0 bridgehead atoms. The number of carbonyl (C=O) groups excluding carboxylic acids is 2. The Labute approximate surface area is 108 Å². The third-order valence-corrected chi connectivity index (χ3v) is 2.92. The Balaban J connectivity index is 2.49. The molecule has 0 amide bonds. The Morgan fingerprint density at radius 2 is 2.00 bits per heavy atom. The van der Waals surface area contributed by atoms with Crippen molar-refractivity contribution in [1.82, 2.24) is 0 Å². The van der Waals surface area contributed by atoms with Gasteiger partial charge in [-0.15, -0.1) is 0 Å². The maximum Gasteiger partial charge on any atom is 0.338 e. The van der Waals surface area contributed by atoms with Crippen LogP contribution in [0, 0.1) is 5.41 Å². The summed E-state index contributed by atoms with van der Waals surface area (Å²) in [5.41, 5.74) is -0.133. The number of ether oxygens (including phenoxy) is 3. The predicted octanol–water partition coefficient (Wildman–Crippen LogP) is 2.03. The highest BCUT2D eigenvalue weighted by molar-refractivity contribution is 5.83. The lowest BCUT2D eigenvalue weighted by molar-refractivity contribution is -0.163. The topological polar surface area (TPSA) is 61.8 Å². The second kappa shape index (κ2) is 4.88. The van der Waals surface area contributed by atoms with Crippen LogP contribution < -0.4 is 0 Å². The van der Waals surface area contributed by atoms with Crippen LogP contribution in [0.4, 0.5) is 0 Å². The summed E-state index contributed by atoms with van der Waals surface area (Å²) in [6.07, 6.45) is -1.20. The molecule has 0 saturated carbocycles. The van der Waals surface area contributed by atoms with E-state index in [-0.39, 0.29) is 17.9 Å². The summed E-state index contributed by atoms with van der Waals surface area (Å²) in [6, 6.07) is 0. The van der Waals surface area contributed by atoms with Crippen molar-refractivity contribution >= 4 is 11.9 Å². The van der Waals surface area contributed by atoms with Crippen molar-refractivity contribution in [3.63, 3.8) is 0 Å². The van der Waals surface area contributed by atoms with Gasteiger partial charge in [-0.1, -0.05) is 20.8 Å². The molecule has 5 nitrogen and oxygen atoms in total. The van der Waals surface area contributed by atoms with Crippen molar-refractivity contribution in [3.05, 3.63) is 0 Å². The van der Waals surface area contributed by atoms with Crippen LogP contribution in [0.25, 0.3) is 0 Å². The summed E-state index contributed by atoms with van der Waals surface area (Å²) in [5.74, 6) is -1.92. The molecule has 0 unspecified atom stereocenters.